The van der Waals surface area contributed by atoms with Crippen molar-refractivity contribution in [1.29, 1.82) is 5.26 Å². The van der Waals surface area contributed by atoms with Crippen LogP contribution in [0.15, 0.2) is 84.0 Å². The molecule has 1 unspecified atom stereocenters. The van der Waals surface area contributed by atoms with Crippen molar-refractivity contribution >= 4 is 23.2 Å². The maximum atomic E-state index is 13.2. The van der Waals surface area contributed by atoms with Crippen molar-refractivity contribution < 1.29 is 14.3 Å². The van der Waals surface area contributed by atoms with E-state index in [2.05, 4.69) is 10.4 Å². The zero-order valence-corrected chi connectivity index (χ0v) is 18.8. The number of rotatable bonds is 7. The van der Waals surface area contributed by atoms with Crippen molar-refractivity contribution in [2.24, 2.45) is 5.10 Å². The fourth-order valence-corrected chi connectivity index (χ4v) is 3.86. The monoisotopic (exact) mass is 452 g/mol. The molecule has 0 spiro atoms. The average Bonchev–Trinajstić information content (AvgIpc) is 3.34. The molecule has 1 atom stereocenters. The highest BCUT2D eigenvalue weighted by Crippen LogP contribution is 2.34. The van der Waals surface area contributed by atoms with E-state index < -0.39 is 0 Å². The van der Waals surface area contributed by atoms with Gasteiger partial charge in [0.15, 0.2) is 0 Å². The van der Waals surface area contributed by atoms with Crippen LogP contribution >= 0.6 is 0 Å². The van der Waals surface area contributed by atoms with Gasteiger partial charge in [0.1, 0.15) is 5.75 Å². The van der Waals surface area contributed by atoms with E-state index in [9.17, 15) is 9.59 Å². The molecule has 170 valence electrons. The van der Waals surface area contributed by atoms with Gasteiger partial charge in [-0.05, 0) is 41.5 Å². The average molecular weight is 453 g/mol. The minimum absolute atomic E-state index is 0.0115. The third kappa shape index (κ3) is 5.30. The highest BCUT2D eigenvalue weighted by molar-refractivity contribution is 6.03. The summed E-state index contributed by atoms with van der Waals surface area (Å²) >= 11 is 0. The minimum Gasteiger partial charge on any atom is -0.497 e. The fraction of sp³-hybridized carbons (Fsp3) is 0.185. The molecule has 0 aliphatic carbocycles. The summed E-state index contributed by atoms with van der Waals surface area (Å²) in [5.41, 5.74) is 3.72. The van der Waals surface area contributed by atoms with Crippen LogP contribution in [-0.4, -0.2) is 29.6 Å². The molecule has 1 heterocycles. The number of nitriles is 1. The first-order valence-electron chi connectivity index (χ1n) is 11.0. The molecule has 2 amide bonds. The van der Waals surface area contributed by atoms with Gasteiger partial charge in [-0.1, -0.05) is 48.5 Å². The van der Waals surface area contributed by atoms with Gasteiger partial charge in [0.05, 0.1) is 30.5 Å². The smallest absolute Gasteiger partial charge is 0.243 e. The second kappa shape index (κ2) is 10.5. The van der Waals surface area contributed by atoms with Gasteiger partial charge in [-0.2, -0.15) is 10.4 Å². The Morgan fingerprint density at radius 3 is 2.53 bits per heavy atom. The van der Waals surface area contributed by atoms with Crippen LogP contribution in [0.4, 0.5) is 5.69 Å². The SMILES string of the molecule is COc1ccc(C2CC(c3ccccc3)=NN2C(=O)CCC(=O)Nc2cccc(C#N)c2)cc1. The van der Waals surface area contributed by atoms with Gasteiger partial charge in [-0.3, -0.25) is 9.59 Å². The van der Waals surface area contributed by atoms with Crippen LogP contribution in [0.2, 0.25) is 0 Å². The fourth-order valence-electron chi connectivity index (χ4n) is 3.86. The number of benzene rings is 3. The van der Waals surface area contributed by atoms with Crippen LogP contribution in [0.25, 0.3) is 0 Å². The second-order valence-corrected chi connectivity index (χ2v) is 7.88. The van der Waals surface area contributed by atoms with Crippen LogP contribution in [0.1, 0.15) is 42.0 Å². The quantitative estimate of drug-likeness (QED) is 0.564. The molecule has 7 heteroatoms. The van der Waals surface area contributed by atoms with E-state index in [1.54, 1.807) is 31.4 Å². The van der Waals surface area contributed by atoms with Gasteiger partial charge in [0.2, 0.25) is 11.8 Å². The van der Waals surface area contributed by atoms with E-state index in [0.29, 0.717) is 17.7 Å². The Bertz CT molecular complexity index is 1250. The first kappa shape index (κ1) is 22.7. The lowest BCUT2D eigenvalue weighted by atomic mass is 9.98. The number of carbonyl (C=O) groups excluding carboxylic acids is 2. The summed E-state index contributed by atoms with van der Waals surface area (Å²) in [6.07, 6.45) is 0.606. The number of carbonyl (C=O) groups is 2. The molecule has 1 aliphatic heterocycles. The second-order valence-electron chi connectivity index (χ2n) is 7.88. The van der Waals surface area contributed by atoms with Gasteiger partial charge in [-0.25, -0.2) is 5.01 Å². The molecule has 0 bridgehead atoms. The first-order chi connectivity index (χ1) is 16.6. The highest BCUT2D eigenvalue weighted by atomic mass is 16.5. The molecule has 0 saturated heterocycles. The van der Waals surface area contributed by atoms with Crippen molar-refractivity contribution in [3.63, 3.8) is 0 Å². The lowest BCUT2D eigenvalue weighted by molar-refractivity contribution is -0.134. The standard InChI is InChI=1S/C27H24N4O3/c1-34-23-12-10-21(11-13-23)25-17-24(20-7-3-2-4-8-20)30-31(25)27(33)15-14-26(32)29-22-9-5-6-19(16-22)18-28/h2-13,16,25H,14-15,17H2,1H3,(H,29,32). The number of hydrogen-bond donors (Lipinski definition) is 1. The van der Waals surface area contributed by atoms with Crippen molar-refractivity contribution in [3.05, 3.63) is 95.6 Å². The number of ether oxygens (including phenoxy) is 1. The number of anilines is 1. The number of nitrogens with zero attached hydrogens (tertiary/aromatic N) is 3. The molecular weight excluding hydrogens is 428 g/mol. The lowest BCUT2D eigenvalue weighted by Gasteiger charge is -2.22. The first-order valence-corrected chi connectivity index (χ1v) is 11.0. The Kier molecular flexibility index (Phi) is 6.99. The number of hydrazone groups is 1. The van der Waals surface area contributed by atoms with Crippen LogP contribution < -0.4 is 10.1 Å². The maximum Gasteiger partial charge on any atom is 0.243 e. The third-order valence-electron chi connectivity index (χ3n) is 5.61. The summed E-state index contributed by atoms with van der Waals surface area (Å²) < 4.78 is 5.25. The molecule has 7 nitrogen and oxygen atoms in total. The molecule has 0 radical (unpaired) electrons. The summed E-state index contributed by atoms with van der Waals surface area (Å²) in [7, 11) is 1.61. The zero-order chi connectivity index (χ0) is 23.9. The molecule has 0 saturated carbocycles. The number of nitrogens with one attached hydrogen (secondary N) is 1. The largest absolute Gasteiger partial charge is 0.497 e. The number of hydrogen-bond acceptors (Lipinski definition) is 5. The predicted molar refractivity (Wildman–Crippen MR) is 129 cm³/mol. The normalized spacial score (nSPS) is 14.8. The van der Waals surface area contributed by atoms with Crippen LogP contribution in [0.3, 0.4) is 0 Å². The lowest BCUT2D eigenvalue weighted by Crippen LogP contribution is -2.28. The van der Waals surface area contributed by atoms with Gasteiger partial charge < -0.3 is 10.1 Å². The molecule has 0 fully saturated rings. The predicted octanol–water partition coefficient (Wildman–Crippen LogP) is 4.66. The Morgan fingerprint density at radius 2 is 1.82 bits per heavy atom. The Balaban J connectivity index is 1.48. The molecule has 3 aromatic carbocycles. The van der Waals surface area contributed by atoms with Crippen molar-refractivity contribution in [1.82, 2.24) is 5.01 Å². The van der Waals surface area contributed by atoms with Crippen molar-refractivity contribution in [2.45, 2.75) is 25.3 Å². The van der Waals surface area contributed by atoms with E-state index in [4.69, 9.17) is 10.00 Å². The molecule has 34 heavy (non-hydrogen) atoms. The zero-order valence-electron chi connectivity index (χ0n) is 18.8. The molecule has 4 rings (SSSR count). The molecular formula is C27H24N4O3. The van der Waals surface area contributed by atoms with E-state index in [1.807, 2.05) is 60.7 Å². The van der Waals surface area contributed by atoms with Crippen molar-refractivity contribution in [2.75, 3.05) is 12.4 Å². The van der Waals surface area contributed by atoms with E-state index >= 15 is 0 Å². The summed E-state index contributed by atoms with van der Waals surface area (Å²) in [4.78, 5) is 25.6. The Labute approximate surface area is 198 Å². The highest BCUT2D eigenvalue weighted by Gasteiger charge is 2.33. The van der Waals surface area contributed by atoms with Crippen LogP contribution in [0.5, 0.6) is 5.75 Å². The third-order valence-corrected chi connectivity index (χ3v) is 5.61. The number of amides is 2. The Morgan fingerprint density at radius 1 is 1.06 bits per heavy atom. The molecule has 1 N–H and O–H groups in total. The summed E-state index contributed by atoms with van der Waals surface area (Å²) in [6, 6.07) is 25.8. The maximum absolute atomic E-state index is 13.2. The van der Waals surface area contributed by atoms with E-state index in [1.165, 1.54) is 5.01 Å². The van der Waals surface area contributed by atoms with Gasteiger partial charge in [0, 0.05) is 24.9 Å². The van der Waals surface area contributed by atoms with E-state index in [-0.39, 0.29) is 30.7 Å². The van der Waals surface area contributed by atoms with Crippen LogP contribution in [-0.2, 0) is 9.59 Å². The van der Waals surface area contributed by atoms with E-state index in [0.717, 1.165) is 22.6 Å². The summed E-state index contributed by atoms with van der Waals surface area (Å²) in [5, 5.41) is 17.9. The van der Waals surface area contributed by atoms with Crippen molar-refractivity contribution in [3.8, 4) is 11.8 Å². The minimum atomic E-state index is -0.295. The van der Waals surface area contributed by atoms with Gasteiger partial charge in [-0.15, -0.1) is 0 Å². The van der Waals surface area contributed by atoms with Crippen LogP contribution in [0, 0.1) is 11.3 Å². The molecule has 3 aromatic rings. The summed E-state index contributed by atoms with van der Waals surface area (Å²) in [5.74, 6) is 0.213. The topological polar surface area (TPSA) is 94.8 Å². The molecule has 1 aliphatic rings. The summed E-state index contributed by atoms with van der Waals surface area (Å²) in [6.45, 7) is 0. The van der Waals surface area contributed by atoms with Gasteiger partial charge in [0.25, 0.3) is 0 Å². The van der Waals surface area contributed by atoms with Gasteiger partial charge >= 0.3 is 0 Å². The molecule has 0 aromatic heterocycles. The Hall–Kier alpha value is -4.44. The number of methoxy groups -OCH3 is 1.